The molecule has 108 valence electrons. The first-order chi connectivity index (χ1) is 9.51. The lowest BCUT2D eigenvalue weighted by Gasteiger charge is -2.20. The average molecular weight is 310 g/mol. The van der Waals surface area contributed by atoms with Gasteiger partial charge in [0.05, 0.1) is 5.75 Å². The minimum atomic E-state index is -3.33. The van der Waals surface area contributed by atoms with Crippen LogP contribution in [-0.4, -0.2) is 19.3 Å². The number of anilines is 1. The molecule has 0 aliphatic rings. The van der Waals surface area contributed by atoms with Crippen molar-refractivity contribution in [3.8, 4) is 0 Å². The standard InChI is InChI=1S/C14H18N2O2S2/c1-2-16(10-14-7-4-8-19-14)20(17,18)11-12-5-3-6-13(15)9-12/h3-9H,2,10-11,15H2,1H3. The molecule has 2 rings (SSSR count). The minimum Gasteiger partial charge on any atom is -0.399 e. The van der Waals surface area contributed by atoms with Gasteiger partial charge in [0.2, 0.25) is 10.0 Å². The monoisotopic (exact) mass is 310 g/mol. The fraction of sp³-hybridized carbons (Fsp3) is 0.286. The summed E-state index contributed by atoms with van der Waals surface area (Å²) in [5.41, 5.74) is 6.99. The van der Waals surface area contributed by atoms with E-state index in [-0.39, 0.29) is 5.75 Å². The van der Waals surface area contributed by atoms with Gasteiger partial charge in [-0.05, 0) is 29.1 Å². The molecule has 0 saturated carbocycles. The normalized spacial score (nSPS) is 11.9. The highest BCUT2D eigenvalue weighted by Gasteiger charge is 2.21. The number of thiophene rings is 1. The van der Waals surface area contributed by atoms with Crippen molar-refractivity contribution >= 4 is 27.0 Å². The van der Waals surface area contributed by atoms with Gasteiger partial charge in [0.25, 0.3) is 0 Å². The lowest BCUT2D eigenvalue weighted by molar-refractivity contribution is 0.425. The van der Waals surface area contributed by atoms with Crippen molar-refractivity contribution in [2.45, 2.75) is 19.2 Å². The Balaban J connectivity index is 2.15. The summed E-state index contributed by atoms with van der Waals surface area (Å²) in [6.07, 6.45) is 0. The van der Waals surface area contributed by atoms with Crippen molar-refractivity contribution in [3.63, 3.8) is 0 Å². The lowest BCUT2D eigenvalue weighted by Crippen LogP contribution is -2.31. The summed E-state index contributed by atoms with van der Waals surface area (Å²) in [6, 6.07) is 10.9. The van der Waals surface area contributed by atoms with Crippen LogP contribution in [0.15, 0.2) is 41.8 Å². The highest BCUT2D eigenvalue weighted by atomic mass is 32.2. The predicted octanol–water partition coefficient (Wildman–Crippen LogP) is 2.68. The maximum atomic E-state index is 12.5. The summed E-state index contributed by atoms with van der Waals surface area (Å²) in [5.74, 6) is -0.0166. The molecule has 1 aromatic heterocycles. The van der Waals surface area contributed by atoms with Crippen LogP contribution < -0.4 is 5.73 Å². The largest absolute Gasteiger partial charge is 0.399 e. The molecule has 1 heterocycles. The van der Waals surface area contributed by atoms with E-state index in [1.165, 1.54) is 4.31 Å². The van der Waals surface area contributed by atoms with E-state index in [4.69, 9.17) is 5.73 Å². The molecule has 1 aromatic carbocycles. The Morgan fingerprint density at radius 1 is 1.25 bits per heavy atom. The van der Waals surface area contributed by atoms with Crippen molar-refractivity contribution < 1.29 is 8.42 Å². The molecule has 0 bridgehead atoms. The summed E-state index contributed by atoms with van der Waals surface area (Å²) in [7, 11) is -3.33. The van der Waals surface area contributed by atoms with Crippen LogP contribution in [0.25, 0.3) is 0 Å². The third kappa shape index (κ3) is 3.82. The molecule has 2 N–H and O–H groups in total. The van der Waals surface area contributed by atoms with E-state index < -0.39 is 10.0 Å². The summed E-state index contributed by atoms with van der Waals surface area (Å²) in [6.45, 7) is 2.74. The summed E-state index contributed by atoms with van der Waals surface area (Å²) >= 11 is 1.57. The molecule has 0 amide bonds. The van der Waals surface area contributed by atoms with E-state index in [1.807, 2.05) is 24.4 Å². The molecule has 0 unspecified atom stereocenters. The third-order valence-electron chi connectivity index (χ3n) is 2.96. The van der Waals surface area contributed by atoms with E-state index >= 15 is 0 Å². The zero-order valence-electron chi connectivity index (χ0n) is 11.3. The Morgan fingerprint density at radius 3 is 2.65 bits per heavy atom. The predicted molar refractivity (Wildman–Crippen MR) is 83.9 cm³/mol. The van der Waals surface area contributed by atoms with Gasteiger partial charge in [-0.2, -0.15) is 4.31 Å². The van der Waals surface area contributed by atoms with Crippen molar-refractivity contribution in [2.24, 2.45) is 0 Å². The first-order valence-corrected chi connectivity index (χ1v) is 8.85. The van der Waals surface area contributed by atoms with Crippen molar-refractivity contribution in [3.05, 3.63) is 52.2 Å². The van der Waals surface area contributed by atoms with Crippen LogP contribution in [0, 0.1) is 0 Å². The van der Waals surface area contributed by atoms with Crippen LogP contribution in [-0.2, 0) is 22.3 Å². The number of nitrogens with zero attached hydrogens (tertiary/aromatic N) is 1. The maximum Gasteiger partial charge on any atom is 0.218 e. The highest BCUT2D eigenvalue weighted by molar-refractivity contribution is 7.88. The van der Waals surface area contributed by atoms with Crippen LogP contribution in [0.3, 0.4) is 0 Å². The molecule has 6 heteroatoms. The fourth-order valence-corrected chi connectivity index (χ4v) is 4.28. The van der Waals surface area contributed by atoms with Gasteiger partial charge in [0.1, 0.15) is 0 Å². The highest BCUT2D eigenvalue weighted by Crippen LogP contribution is 2.18. The molecular weight excluding hydrogens is 292 g/mol. The first kappa shape index (κ1) is 15.0. The number of sulfonamides is 1. The van der Waals surface area contributed by atoms with Gasteiger partial charge in [-0.15, -0.1) is 11.3 Å². The van der Waals surface area contributed by atoms with Crippen LogP contribution in [0.2, 0.25) is 0 Å². The second-order valence-electron chi connectivity index (χ2n) is 4.51. The molecule has 0 aliphatic carbocycles. The summed E-state index contributed by atoms with van der Waals surface area (Å²) in [5, 5.41) is 1.95. The Bertz CT molecular complexity index is 652. The van der Waals surface area contributed by atoms with Crippen LogP contribution in [0.1, 0.15) is 17.4 Å². The van der Waals surface area contributed by atoms with Gasteiger partial charge in [0, 0.05) is 23.7 Å². The lowest BCUT2D eigenvalue weighted by atomic mass is 10.2. The van der Waals surface area contributed by atoms with E-state index in [0.717, 1.165) is 10.4 Å². The topological polar surface area (TPSA) is 63.4 Å². The van der Waals surface area contributed by atoms with Gasteiger partial charge in [-0.3, -0.25) is 0 Å². The van der Waals surface area contributed by atoms with Gasteiger partial charge in [0.15, 0.2) is 0 Å². The molecule has 2 aromatic rings. The summed E-state index contributed by atoms with van der Waals surface area (Å²) in [4.78, 5) is 1.04. The zero-order valence-corrected chi connectivity index (χ0v) is 13.0. The fourth-order valence-electron chi connectivity index (χ4n) is 1.97. The Hall–Kier alpha value is -1.37. The van der Waals surface area contributed by atoms with Gasteiger partial charge >= 0.3 is 0 Å². The van der Waals surface area contributed by atoms with E-state index in [1.54, 1.807) is 35.6 Å². The molecule has 0 spiro atoms. The molecule has 0 atom stereocenters. The van der Waals surface area contributed by atoms with Crippen LogP contribution >= 0.6 is 11.3 Å². The maximum absolute atomic E-state index is 12.5. The Labute approximate surface area is 123 Å². The number of benzene rings is 1. The SMILES string of the molecule is CCN(Cc1cccs1)S(=O)(=O)Cc1cccc(N)c1. The van der Waals surface area contributed by atoms with E-state index in [2.05, 4.69) is 0 Å². The number of rotatable bonds is 6. The number of nitrogen functional groups attached to an aromatic ring is 1. The molecule has 4 nitrogen and oxygen atoms in total. The second kappa shape index (κ2) is 6.39. The van der Waals surface area contributed by atoms with Crippen molar-refractivity contribution in [1.82, 2.24) is 4.31 Å². The molecule has 20 heavy (non-hydrogen) atoms. The first-order valence-electron chi connectivity index (χ1n) is 6.36. The van der Waals surface area contributed by atoms with Gasteiger partial charge in [-0.1, -0.05) is 25.1 Å². The van der Waals surface area contributed by atoms with Crippen molar-refractivity contribution in [2.75, 3.05) is 12.3 Å². The quantitative estimate of drug-likeness (QED) is 0.834. The Kier molecular flexibility index (Phi) is 4.80. The zero-order chi connectivity index (χ0) is 14.6. The Morgan fingerprint density at radius 2 is 2.05 bits per heavy atom. The number of nitrogens with two attached hydrogens (primary N) is 1. The minimum absolute atomic E-state index is 0.0166. The summed E-state index contributed by atoms with van der Waals surface area (Å²) < 4.78 is 26.4. The van der Waals surface area contributed by atoms with Gasteiger partial charge in [-0.25, -0.2) is 8.42 Å². The molecule has 0 saturated heterocycles. The van der Waals surface area contributed by atoms with Crippen LogP contribution in [0.4, 0.5) is 5.69 Å². The molecule has 0 radical (unpaired) electrons. The molecule has 0 fully saturated rings. The number of hydrogen-bond acceptors (Lipinski definition) is 4. The molecular formula is C14H18N2O2S2. The van der Waals surface area contributed by atoms with Crippen LogP contribution in [0.5, 0.6) is 0 Å². The smallest absolute Gasteiger partial charge is 0.218 e. The third-order valence-corrected chi connectivity index (χ3v) is 5.69. The van der Waals surface area contributed by atoms with E-state index in [9.17, 15) is 8.42 Å². The van der Waals surface area contributed by atoms with Crippen molar-refractivity contribution in [1.29, 1.82) is 0 Å². The average Bonchev–Trinajstić information content (AvgIpc) is 2.88. The van der Waals surface area contributed by atoms with Gasteiger partial charge < -0.3 is 5.73 Å². The molecule has 0 aliphatic heterocycles. The van der Waals surface area contributed by atoms with E-state index in [0.29, 0.717) is 18.8 Å². The second-order valence-corrected chi connectivity index (χ2v) is 7.51. The number of hydrogen-bond donors (Lipinski definition) is 1.